The van der Waals surface area contributed by atoms with Crippen LogP contribution in [-0.2, 0) is 17.7 Å². The molecule has 0 unspecified atom stereocenters. The molecule has 2 aromatic rings. The van der Waals surface area contributed by atoms with Gasteiger partial charge in [-0.2, -0.15) is 0 Å². The third-order valence-corrected chi connectivity index (χ3v) is 3.86. The van der Waals surface area contributed by atoms with Crippen LogP contribution in [0.2, 0.25) is 0 Å². The summed E-state index contributed by atoms with van der Waals surface area (Å²) in [5.41, 5.74) is 1.89. The molecular formula is C15H20BrClN2O. The number of rotatable bonds is 6. The first-order valence-electron chi connectivity index (χ1n) is 6.81. The van der Waals surface area contributed by atoms with Crippen LogP contribution in [-0.4, -0.2) is 27.6 Å². The van der Waals surface area contributed by atoms with Crippen molar-refractivity contribution < 1.29 is 4.74 Å². The molecule has 1 heterocycles. The summed E-state index contributed by atoms with van der Waals surface area (Å²) in [5, 5.41) is 0. The molecule has 0 atom stereocenters. The number of hydrogen-bond donors (Lipinski definition) is 0. The fourth-order valence-corrected chi connectivity index (χ4v) is 2.94. The first kappa shape index (κ1) is 15.8. The maximum absolute atomic E-state index is 5.91. The van der Waals surface area contributed by atoms with Gasteiger partial charge in [0.25, 0.3) is 0 Å². The Kier molecular flexibility index (Phi) is 5.10. The quantitative estimate of drug-likeness (QED) is 0.715. The van der Waals surface area contributed by atoms with Crippen molar-refractivity contribution in [2.45, 2.75) is 39.3 Å². The lowest BCUT2D eigenvalue weighted by Crippen LogP contribution is -2.31. The fourth-order valence-electron chi connectivity index (χ4n) is 2.42. The van der Waals surface area contributed by atoms with E-state index in [1.807, 2.05) is 19.1 Å². The van der Waals surface area contributed by atoms with Crippen molar-refractivity contribution in [1.82, 2.24) is 9.55 Å². The Hall–Kier alpha value is -0.580. The molecular weight excluding hydrogens is 340 g/mol. The molecule has 0 saturated carbocycles. The van der Waals surface area contributed by atoms with Crippen LogP contribution in [0.5, 0.6) is 0 Å². The van der Waals surface area contributed by atoms with Crippen LogP contribution in [0.3, 0.4) is 0 Å². The largest absolute Gasteiger partial charge is 0.374 e. The summed E-state index contributed by atoms with van der Waals surface area (Å²) < 4.78 is 9.08. The molecule has 0 radical (unpaired) electrons. The number of benzene rings is 1. The minimum absolute atomic E-state index is 0.226. The monoisotopic (exact) mass is 358 g/mol. The minimum atomic E-state index is -0.226. The molecule has 5 heteroatoms. The Morgan fingerprint density at radius 2 is 2.15 bits per heavy atom. The summed E-state index contributed by atoms with van der Waals surface area (Å²) in [5.74, 6) is 1.58. The molecule has 1 aromatic carbocycles. The van der Waals surface area contributed by atoms with Gasteiger partial charge in [0.2, 0.25) is 0 Å². The van der Waals surface area contributed by atoms with Crippen molar-refractivity contribution >= 4 is 38.6 Å². The van der Waals surface area contributed by atoms with Gasteiger partial charge in [-0.05, 0) is 39.0 Å². The first-order chi connectivity index (χ1) is 9.46. The third kappa shape index (κ3) is 3.54. The van der Waals surface area contributed by atoms with E-state index in [0.717, 1.165) is 34.3 Å². The number of halogens is 2. The van der Waals surface area contributed by atoms with Gasteiger partial charge in [-0.15, -0.1) is 11.6 Å². The molecule has 0 aliphatic heterocycles. The summed E-state index contributed by atoms with van der Waals surface area (Å²) in [7, 11) is 0. The number of ether oxygens (including phenoxy) is 1. The lowest BCUT2D eigenvalue weighted by Gasteiger charge is -2.26. The predicted octanol–water partition coefficient (Wildman–Crippen LogP) is 4.40. The molecule has 110 valence electrons. The molecule has 0 amide bonds. The molecule has 0 spiro atoms. The molecule has 20 heavy (non-hydrogen) atoms. The highest BCUT2D eigenvalue weighted by Gasteiger charge is 2.22. The Morgan fingerprint density at radius 3 is 2.80 bits per heavy atom. The van der Waals surface area contributed by atoms with Crippen molar-refractivity contribution in [3.63, 3.8) is 0 Å². The number of aromatic nitrogens is 2. The van der Waals surface area contributed by atoms with E-state index in [1.165, 1.54) is 0 Å². The minimum Gasteiger partial charge on any atom is -0.374 e. The van der Waals surface area contributed by atoms with Crippen LogP contribution in [0.4, 0.5) is 0 Å². The molecule has 0 N–H and O–H groups in total. The van der Waals surface area contributed by atoms with Gasteiger partial charge < -0.3 is 9.30 Å². The van der Waals surface area contributed by atoms with E-state index in [0.29, 0.717) is 12.5 Å². The van der Waals surface area contributed by atoms with Crippen LogP contribution in [0, 0.1) is 0 Å². The van der Waals surface area contributed by atoms with Gasteiger partial charge >= 0.3 is 0 Å². The maximum Gasteiger partial charge on any atom is 0.111 e. The molecule has 0 aliphatic carbocycles. The SMILES string of the molecule is CCOC(C)(C)Cn1c(CCCl)nc2cc(Br)ccc21. The lowest BCUT2D eigenvalue weighted by atomic mass is 10.1. The molecule has 0 bridgehead atoms. The summed E-state index contributed by atoms with van der Waals surface area (Å²) in [4.78, 5) is 4.70. The highest BCUT2D eigenvalue weighted by Crippen LogP contribution is 2.24. The Bertz CT molecular complexity index is 595. The zero-order valence-corrected chi connectivity index (χ0v) is 14.5. The Balaban J connectivity index is 2.45. The van der Waals surface area contributed by atoms with E-state index >= 15 is 0 Å². The molecule has 3 nitrogen and oxygen atoms in total. The van der Waals surface area contributed by atoms with E-state index in [9.17, 15) is 0 Å². The van der Waals surface area contributed by atoms with Gasteiger partial charge in [0.15, 0.2) is 0 Å². The second kappa shape index (κ2) is 6.46. The third-order valence-electron chi connectivity index (χ3n) is 3.18. The second-order valence-electron chi connectivity index (χ2n) is 5.38. The molecule has 0 saturated heterocycles. The second-order valence-corrected chi connectivity index (χ2v) is 6.67. The highest BCUT2D eigenvalue weighted by molar-refractivity contribution is 9.10. The molecule has 1 aromatic heterocycles. The number of alkyl halides is 1. The zero-order valence-electron chi connectivity index (χ0n) is 12.1. The van der Waals surface area contributed by atoms with Crippen LogP contribution >= 0.6 is 27.5 Å². The maximum atomic E-state index is 5.91. The van der Waals surface area contributed by atoms with Crippen molar-refractivity contribution in [2.75, 3.05) is 12.5 Å². The van der Waals surface area contributed by atoms with Crippen LogP contribution in [0.1, 0.15) is 26.6 Å². The fraction of sp³-hybridized carbons (Fsp3) is 0.533. The standard InChI is InChI=1S/C15H20BrClN2O/c1-4-20-15(2,3)10-19-13-6-5-11(16)9-12(13)18-14(19)7-8-17/h5-6,9H,4,7-8,10H2,1-3H3. The average Bonchev–Trinajstić information content (AvgIpc) is 2.66. The van der Waals surface area contributed by atoms with Gasteiger partial charge in [-0.25, -0.2) is 4.98 Å². The van der Waals surface area contributed by atoms with Crippen LogP contribution < -0.4 is 0 Å². The lowest BCUT2D eigenvalue weighted by molar-refractivity contribution is -0.0221. The normalized spacial score (nSPS) is 12.2. The van der Waals surface area contributed by atoms with Gasteiger partial charge in [-0.3, -0.25) is 0 Å². The number of hydrogen-bond acceptors (Lipinski definition) is 2. The van der Waals surface area contributed by atoms with Gasteiger partial charge in [-0.1, -0.05) is 15.9 Å². The number of aryl methyl sites for hydroxylation is 1. The van der Waals surface area contributed by atoms with E-state index in [1.54, 1.807) is 0 Å². The Labute approximate surface area is 133 Å². The first-order valence-corrected chi connectivity index (χ1v) is 8.14. The number of imidazole rings is 1. The predicted molar refractivity (Wildman–Crippen MR) is 87.6 cm³/mol. The summed E-state index contributed by atoms with van der Waals surface area (Å²) in [6.07, 6.45) is 0.760. The van der Waals surface area contributed by atoms with E-state index in [2.05, 4.69) is 40.4 Å². The molecule has 2 rings (SSSR count). The van der Waals surface area contributed by atoms with E-state index < -0.39 is 0 Å². The number of fused-ring (bicyclic) bond motifs is 1. The topological polar surface area (TPSA) is 27.1 Å². The summed E-state index contributed by atoms with van der Waals surface area (Å²) in [6, 6.07) is 6.17. The van der Waals surface area contributed by atoms with Gasteiger partial charge in [0, 0.05) is 23.4 Å². The average molecular weight is 360 g/mol. The summed E-state index contributed by atoms with van der Waals surface area (Å²) >= 11 is 9.40. The Morgan fingerprint density at radius 1 is 1.40 bits per heavy atom. The molecule has 0 aliphatic rings. The zero-order chi connectivity index (χ0) is 14.8. The van der Waals surface area contributed by atoms with Crippen molar-refractivity contribution in [2.24, 2.45) is 0 Å². The summed E-state index contributed by atoms with van der Waals surface area (Å²) in [6.45, 7) is 7.70. The van der Waals surface area contributed by atoms with Crippen molar-refractivity contribution in [1.29, 1.82) is 0 Å². The highest BCUT2D eigenvalue weighted by atomic mass is 79.9. The van der Waals surface area contributed by atoms with Crippen molar-refractivity contribution in [3.05, 3.63) is 28.5 Å². The molecule has 0 fully saturated rings. The van der Waals surface area contributed by atoms with Crippen molar-refractivity contribution in [3.8, 4) is 0 Å². The van der Waals surface area contributed by atoms with Gasteiger partial charge in [0.05, 0.1) is 23.2 Å². The number of nitrogens with zero attached hydrogens (tertiary/aromatic N) is 2. The van der Waals surface area contributed by atoms with E-state index in [4.69, 9.17) is 21.3 Å². The van der Waals surface area contributed by atoms with Crippen LogP contribution in [0.15, 0.2) is 22.7 Å². The van der Waals surface area contributed by atoms with Gasteiger partial charge in [0.1, 0.15) is 5.82 Å². The van der Waals surface area contributed by atoms with Crippen LogP contribution in [0.25, 0.3) is 11.0 Å². The van der Waals surface area contributed by atoms with E-state index in [-0.39, 0.29) is 5.60 Å². The smallest absolute Gasteiger partial charge is 0.111 e.